The average Bonchev–Trinajstić information content (AvgIpc) is 1.90. The van der Waals surface area contributed by atoms with E-state index in [0.29, 0.717) is 12.1 Å². The van der Waals surface area contributed by atoms with Crippen LogP contribution in [0.5, 0.6) is 0 Å². The third-order valence-corrected chi connectivity index (χ3v) is 1.89. The molecule has 0 unspecified atom stereocenters. The molecule has 1 aliphatic heterocycles. The van der Waals surface area contributed by atoms with Gasteiger partial charge in [-0.2, -0.15) is 0 Å². The standard InChI is InChI=1S/C5H7NO2S/c7-5(8)4-2-1-3-9-6-4/h1-3H2,(H,7,8). The Labute approximate surface area is 57.3 Å². The van der Waals surface area contributed by atoms with Crippen LogP contribution in [0.1, 0.15) is 12.8 Å². The Morgan fingerprint density at radius 1 is 1.78 bits per heavy atom. The van der Waals surface area contributed by atoms with Crippen LogP contribution in [0.15, 0.2) is 4.40 Å². The molecule has 0 aromatic carbocycles. The lowest BCUT2D eigenvalue weighted by Gasteiger charge is -2.04. The molecule has 0 saturated carbocycles. The monoisotopic (exact) mass is 145 g/mol. The Kier molecular flexibility index (Phi) is 2.10. The highest BCUT2D eigenvalue weighted by Gasteiger charge is 2.11. The third-order valence-electron chi connectivity index (χ3n) is 1.07. The van der Waals surface area contributed by atoms with E-state index in [2.05, 4.69) is 4.40 Å². The minimum atomic E-state index is -0.873. The number of hydrogen-bond donors (Lipinski definition) is 1. The van der Waals surface area contributed by atoms with E-state index in [1.807, 2.05) is 0 Å². The van der Waals surface area contributed by atoms with E-state index in [1.165, 1.54) is 11.9 Å². The third kappa shape index (κ3) is 1.71. The van der Waals surface area contributed by atoms with E-state index in [1.54, 1.807) is 0 Å². The van der Waals surface area contributed by atoms with Crippen molar-refractivity contribution in [3.8, 4) is 0 Å². The Bertz CT molecular complexity index is 155. The highest BCUT2D eigenvalue weighted by atomic mass is 32.2. The van der Waals surface area contributed by atoms with Gasteiger partial charge in [-0.3, -0.25) is 0 Å². The summed E-state index contributed by atoms with van der Waals surface area (Å²) in [6.45, 7) is 0. The Morgan fingerprint density at radius 2 is 2.56 bits per heavy atom. The molecule has 9 heavy (non-hydrogen) atoms. The van der Waals surface area contributed by atoms with Crippen LogP contribution in [-0.4, -0.2) is 22.5 Å². The van der Waals surface area contributed by atoms with Crippen molar-refractivity contribution in [3.05, 3.63) is 0 Å². The van der Waals surface area contributed by atoms with Crippen molar-refractivity contribution in [1.29, 1.82) is 0 Å². The second kappa shape index (κ2) is 2.87. The minimum Gasteiger partial charge on any atom is -0.477 e. The quantitative estimate of drug-likeness (QED) is 0.559. The first-order valence-electron chi connectivity index (χ1n) is 2.73. The van der Waals surface area contributed by atoms with Crippen LogP contribution in [0.4, 0.5) is 0 Å². The summed E-state index contributed by atoms with van der Waals surface area (Å²) in [5.41, 5.74) is 0.311. The summed E-state index contributed by atoms with van der Waals surface area (Å²) < 4.78 is 3.76. The fourth-order valence-electron chi connectivity index (χ4n) is 0.619. The van der Waals surface area contributed by atoms with Gasteiger partial charge in [0.05, 0.1) is 0 Å². The molecule has 0 aromatic rings. The molecule has 0 radical (unpaired) electrons. The molecule has 1 heterocycles. The summed E-state index contributed by atoms with van der Waals surface area (Å²) in [5, 5.41) is 8.39. The van der Waals surface area contributed by atoms with E-state index in [0.717, 1.165) is 12.2 Å². The zero-order valence-electron chi connectivity index (χ0n) is 4.83. The number of carbonyl (C=O) groups is 1. The lowest BCUT2D eigenvalue weighted by Crippen LogP contribution is -2.14. The van der Waals surface area contributed by atoms with Gasteiger partial charge in [-0.1, -0.05) is 0 Å². The maximum atomic E-state index is 10.2. The molecule has 3 nitrogen and oxygen atoms in total. The first-order chi connectivity index (χ1) is 4.30. The largest absolute Gasteiger partial charge is 0.477 e. The van der Waals surface area contributed by atoms with Crippen LogP contribution < -0.4 is 0 Å². The van der Waals surface area contributed by atoms with E-state index in [-0.39, 0.29) is 0 Å². The Morgan fingerprint density at radius 3 is 2.89 bits per heavy atom. The molecule has 0 fully saturated rings. The summed E-state index contributed by atoms with van der Waals surface area (Å²) >= 11 is 1.34. The molecule has 0 amide bonds. The summed E-state index contributed by atoms with van der Waals surface area (Å²) in [7, 11) is 0. The van der Waals surface area contributed by atoms with Crippen molar-refractivity contribution in [3.63, 3.8) is 0 Å². The van der Waals surface area contributed by atoms with E-state index < -0.39 is 5.97 Å². The summed E-state index contributed by atoms with van der Waals surface area (Å²) in [4.78, 5) is 10.2. The zero-order chi connectivity index (χ0) is 6.69. The fourth-order valence-corrected chi connectivity index (χ4v) is 1.31. The van der Waals surface area contributed by atoms with Gasteiger partial charge >= 0.3 is 5.97 Å². The number of rotatable bonds is 1. The molecule has 0 bridgehead atoms. The SMILES string of the molecule is O=C(O)C1=NSCCC1. The van der Waals surface area contributed by atoms with Crippen molar-refractivity contribution in [2.45, 2.75) is 12.8 Å². The molecule has 1 aliphatic rings. The molecule has 4 heteroatoms. The van der Waals surface area contributed by atoms with Gasteiger partial charge in [0.15, 0.2) is 0 Å². The van der Waals surface area contributed by atoms with Gasteiger partial charge < -0.3 is 5.11 Å². The average molecular weight is 145 g/mol. The molecule has 0 spiro atoms. The molecule has 1 N–H and O–H groups in total. The number of carboxylic acid groups (broad SMARTS) is 1. The molecular weight excluding hydrogens is 138 g/mol. The first-order valence-corrected chi connectivity index (χ1v) is 3.67. The number of hydrogen-bond acceptors (Lipinski definition) is 3. The van der Waals surface area contributed by atoms with E-state index in [4.69, 9.17) is 5.11 Å². The van der Waals surface area contributed by atoms with Gasteiger partial charge in [0.2, 0.25) is 0 Å². The topological polar surface area (TPSA) is 49.7 Å². The molecule has 0 atom stereocenters. The fraction of sp³-hybridized carbons (Fsp3) is 0.600. The van der Waals surface area contributed by atoms with Crippen molar-refractivity contribution < 1.29 is 9.90 Å². The van der Waals surface area contributed by atoms with Crippen LogP contribution >= 0.6 is 11.9 Å². The predicted octanol–water partition coefficient (Wildman–Crippen LogP) is 0.954. The van der Waals surface area contributed by atoms with Crippen LogP contribution in [0, 0.1) is 0 Å². The predicted molar refractivity (Wildman–Crippen MR) is 36.8 cm³/mol. The van der Waals surface area contributed by atoms with Crippen LogP contribution in [-0.2, 0) is 4.79 Å². The van der Waals surface area contributed by atoms with Crippen molar-refractivity contribution in [2.75, 3.05) is 5.75 Å². The molecular formula is C5H7NO2S. The van der Waals surface area contributed by atoms with Gasteiger partial charge in [-0.15, -0.1) is 0 Å². The van der Waals surface area contributed by atoms with Crippen molar-refractivity contribution in [1.82, 2.24) is 0 Å². The minimum absolute atomic E-state index is 0.311. The van der Waals surface area contributed by atoms with Crippen LogP contribution in [0.2, 0.25) is 0 Å². The molecule has 0 aliphatic carbocycles. The Hall–Kier alpha value is -0.510. The van der Waals surface area contributed by atoms with E-state index in [9.17, 15) is 4.79 Å². The molecule has 0 aromatic heterocycles. The Balaban J connectivity index is 2.57. The summed E-state index contributed by atoms with van der Waals surface area (Å²) in [6, 6.07) is 0. The highest BCUT2D eigenvalue weighted by molar-refractivity contribution is 7.98. The number of carboxylic acids is 1. The van der Waals surface area contributed by atoms with Gasteiger partial charge in [0.25, 0.3) is 0 Å². The second-order valence-electron chi connectivity index (χ2n) is 1.78. The van der Waals surface area contributed by atoms with Gasteiger partial charge in [-0.05, 0) is 24.8 Å². The van der Waals surface area contributed by atoms with Gasteiger partial charge in [0.1, 0.15) is 5.71 Å². The lowest BCUT2D eigenvalue weighted by atomic mass is 10.2. The molecule has 1 rings (SSSR count). The van der Waals surface area contributed by atoms with Gasteiger partial charge in [0, 0.05) is 5.75 Å². The number of nitrogens with zero attached hydrogens (tertiary/aromatic N) is 1. The van der Waals surface area contributed by atoms with Crippen molar-refractivity contribution in [2.24, 2.45) is 4.40 Å². The maximum absolute atomic E-state index is 10.2. The zero-order valence-corrected chi connectivity index (χ0v) is 5.65. The highest BCUT2D eigenvalue weighted by Crippen LogP contribution is 2.14. The second-order valence-corrected chi connectivity index (χ2v) is 2.63. The normalized spacial score (nSPS) is 18.9. The van der Waals surface area contributed by atoms with E-state index >= 15 is 0 Å². The summed E-state index contributed by atoms with van der Waals surface area (Å²) in [5.74, 6) is 0.0822. The molecule has 0 saturated heterocycles. The maximum Gasteiger partial charge on any atom is 0.350 e. The lowest BCUT2D eigenvalue weighted by molar-refractivity contribution is -0.129. The smallest absolute Gasteiger partial charge is 0.350 e. The van der Waals surface area contributed by atoms with Gasteiger partial charge in [-0.25, -0.2) is 9.19 Å². The molecule has 50 valence electrons. The van der Waals surface area contributed by atoms with Crippen LogP contribution in [0.3, 0.4) is 0 Å². The summed E-state index contributed by atoms with van der Waals surface area (Å²) in [6.07, 6.45) is 1.57. The van der Waals surface area contributed by atoms with Crippen LogP contribution in [0.25, 0.3) is 0 Å². The first kappa shape index (κ1) is 6.61. The van der Waals surface area contributed by atoms with Crippen molar-refractivity contribution >= 4 is 23.6 Å². The number of aliphatic carboxylic acids is 1.